The smallest absolute Gasteiger partial charge is 0.272 e. The van der Waals surface area contributed by atoms with E-state index < -0.39 is 0 Å². The summed E-state index contributed by atoms with van der Waals surface area (Å²) in [7, 11) is 3.42. The molecule has 0 unspecified atom stereocenters. The molecule has 5 nitrogen and oxygen atoms in total. The number of anilines is 1. The summed E-state index contributed by atoms with van der Waals surface area (Å²) >= 11 is 0. The number of rotatable bonds is 5. The minimum absolute atomic E-state index is 0.102. The van der Waals surface area contributed by atoms with Gasteiger partial charge in [-0.15, -0.1) is 0 Å². The second-order valence-corrected chi connectivity index (χ2v) is 4.39. The van der Waals surface area contributed by atoms with Crippen molar-refractivity contribution in [3.63, 3.8) is 0 Å². The lowest BCUT2D eigenvalue weighted by atomic mass is 10.2. The van der Waals surface area contributed by atoms with Crippen LogP contribution in [0.2, 0.25) is 0 Å². The number of pyridine rings is 1. The van der Waals surface area contributed by atoms with E-state index in [0.717, 1.165) is 24.4 Å². The van der Waals surface area contributed by atoms with E-state index in [4.69, 9.17) is 4.42 Å². The molecule has 0 saturated carbocycles. The number of hydrogen-bond acceptors (Lipinski definition) is 4. The van der Waals surface area contributed by atoms with Gasteiger partial charge in [-0.3, -0.25) is 9.78 Å². The van der Waals surface area contributed by atoms with Gasteiger partial charge >= 0.3 is 0 Å². The molecule has 0 saturated heterocycles. The van der Waals surface area contributed by atoms with E-state index in [9.17, 15) is 4.79 Å². The van der Waals surface area contributed by atoms with Crippen molar-refractivity contribution >= 4 is 11.6 Å². The van der Waals surface area contributed by atoms with Crippen molar-refractivity contribution in [2.45, 2.75) is 6.42 Å². The number of carbonyl (C=O) groups excluding carboxylic acids is 1. The van der Waals surface area contributed by atoms with Crippen molar-refractivity contribution in [1.82, 2.24) is 9.88 Å². The first-order chi connectivity index (χ1) is 9.16. The monoisotopic (exact) mass is 259 g/mol. The highest BCUT2D eigenvalue weighted by molar-refractivity contribution is 5.92. The fraction of sp³-hybridized carbons (Fsp3) is 0.286. The van der Waals surface area contributed by atoms with E-state index in [1.54, 1.807) is 32.6 Å². The molecule has 0 aromatic carbocycles. The molecule has 0 aliphatic carbocycles. The Balaban J connectivity index is 1.93. The van der Waals surface area contributed by atoms with Gasteiger partial charge in [-0.2, -0.15) is 0 Å². The highest BCUT2D eigenvalue weighted by atomic mass is 16.3. The molecule has 5 heteroatoms. The Hall–Kier alpha value is -2.30. The van der Waals surface area contributed by atoms with Gasteiger partial charge in [-0.05, 0) is 24.3 Å². The van der Waals surface area contributed by atoms with Crippen molar-refractivity contribution in [3.8, 4) is 0 Å². The molecule has 0 fully saturated rings. The van der Waals surface area contributed by atoms with Crippen molar-refractivity contribution in [2.24, 2.45) is 0 Å². The van der Waals surface area contributed by atoms with Crippen molar-refractivity contribution in [3.05, 3.63) is 48.2 Å². The first-order valence-electron chi connectivity index (χ1n) is 6.11. The number of furan rings is 1. The van der Waals surface area contributed by atoms with Crippen LogP contribution >= 0.6 is 0 Å². The minimum Gasteiger partial charge on any atom is -0.469 e. The fourth-order valence-corrected chi connectivity index (χ4v) is 1.67. The topological polar surface area (TPSA) is 58.4 Å². The number of nitrogens with one attached hydrogen (secondary N) is 1. The molecule has 0 spiro atoms. The van der Waals surface area contributed by atoms with Crippen LogP contribution in [0, 0.1) is 0 Å². The predicted molar refractivity (Wildman–Crippen MR) is 73.2 cm³/mol. The number of carbonyl (C=O) groups is 1. The van der Waals surface area contributed by atoms with Gasteiger partial charge in [0.1, 0.15) is 11.5 Å². The maximum atomic E-state index is 11.8. The molecule has 0 radical (unpaired) electrons. The van der Waals surface area contributed by atoms with Crippen molar-refractivity contribution in [2.75, 3.05) is 26.0 Å². The van der Waals surface area contributed by atoms with Gasteiger partial charge < -0.3 is 14.6 Å². The number of amides is 1. The average molecular weight is 259 g/mol. The summed E-state index contributed by atoms with van der Waals surface area (Å²) < 4.78 is 5.25. The third-order valence-corrected chi connectivity index (χ3v) is 2.67. The van der Waals surface area contributed by atoms with E-state index in [0.29, 0.717) is 5.69 Å². The lowest BCUT2D eigenvalue weighted by Gasteiger charge is -2.11. The Kier molecular flexibility index (Phi) is 4.18. The van der Waals surface area contributed by atoms with Crippen molar-refractivity contribution < 1.29 is 9.21 Å². The van der Waals surface area contributed by atoms with Gasteiger partial charge in [-0.25, -0.2) is 0 Å². The molecular formula is C14H17N3O2. The number of aromatic nitrogens is 1. The molecule has 0 atom stereocenters. The van der Waals surface area contributed by atoms with Crippen LogP contribution in [-0.2, 0) is 6.42 Å². The molecule has 1 amide bonds. The van der Waals surface area contributed by atoms with E-state index in [-0.39, 0.29) is 5.91 Å². The Morgan fingerprint density at radius 1 is 1.42 bits per heavy atom. The molecule has 2 heterocycles. The van der Waals surface area contributed by atoms with Gasteiger partial charge in [0.25, 0.3) is 5.91 Å². The number of nitrogens with zero attached hydrogens (tertiary/aromatic N) is 2. The van der Waals surface area contributed by atoms with Crippen LogP contribution in [0.3, 0.4) is 0 Å². The summed E-state index contributed by atoms with van der Waals surface area (Å²) in [4.78, 5) is 17.4. The summed E-state index contributed by atoms with van der Waals surface area (Å²) in [5, 5.41) is 3.25. The number of hydrogen-bond donors (Lipinski definition) is 1. The molecule has 2 aromatic rings. The van der Waals surface area contributed by atoms with E-state index in [2.05, 4.69) is 10.3 Å². The van der Waals surface area contributed by atoms with Crippen LogP contribution in [-0.4, -0.2) is 36.4 Å². The Morgan fingerprint density at radius 2 is 2.26 bits per heavy atom. The summed E-state index contributed by atoms with van der Waals surface area (Å²) in [5.41, 5.74) is 1.32. The molecule has 100 valence electrons. The van der Waals surface area contributed by atoms with Gasteiger partial charge in [0, 0.05) is 38.9 Å². The quantitative estimate of drug-likeness (QED) is 0.892. The Morgan fingerprint density at radius 3 is 2.95 bits per heavy atom. The van der Waals surface area contributed by atoms with Crippen LogP contribution in [0.4, 0.5) is 5.69 Å². The second-order valence-electron chi connectivity index (χ2n) is 4.39. The molecule has 19 heavy (non-hydrogen) atoms. The molecule has 2 aromatic heterocycles. The summed E-state index contributed by atoms with van der Waals surface area (Å²) in [6.07, 6.45) is 4.09. The lowest BCUT2D eigenvalue weighted by Crippen LogP contribution is -2.22. The zero-order chi connectivity index (χ0) is 13.7. The summed E-state index contributed by atoms with van der Waals surface area (Å²) in [6.45, 7) is 0.743. The molecule has 2 rings (SSSR count). The maximum absolute atomic E-state index is 11.8. The van der Waals surface area contributed by atoms with Gasteiger partial charge in [0.15, 0.2) is 0 Å². The third kappa shape index (κ3) is 3.58. The lowest BCUT2D eigenvalue weighted by molar-refractivity contribution is 0.0822. The fourth-order valence-electron chi connectivity index (χ4n) is 1.67. The SMILES string of the molecule is CN(C)C(=O)c1cc(NCCc2ccco2)ccn1. The van der Waals surface area contributed by atoms with Crippen molar-refractivity contribution in [1.29, 1.82) is 0 Å². The Bertz CT molecular complexity index is 535. The zero-order valence-electron chi connectivity index (χ0n) is 11.1. The first kappa shape index (κ1) is 13.1. The van der Waals surface area contributed by atoms with Crippen LogP contribution in [0.5, 0.6) is 0 Å². The molecular weight excluding hydrogens is 242 g/mol. The second kappa shape index (κ2) is 6.04. The van der Waals surface area contributed by atoms with Gasteiger partial charge in [0.2, 0.25) is 0 Å². The molecule has 0 aliphatic heterocycles. The highest BCUT2D eigenvalue weighted by Crippen LogP contribution is 2.10. The Labute approximate surface area is 112 Å². The predicted octanol–water partition coefficient (Wildman–Crippen LogP) is 2.03. The first-order valence-corrected chi connectivity index (χ1v) is 6.11. The molecule has 0 aliphatic rings. The largest absolute Gasteiger partial charge is 0.469 e. The normalized spacial score (nSPS) is 10.2. The summed E-state index contributed by atoms with van der Waals surface area (Å²) in [6, 6.07) is 7.41. The van der Waals surface area contributed by atoms with Crippen LogP contribution < -0.4 is 5.32 Å². The standard InChI is InChI=1S/C14H17N3O2/c1-17(2)14(18)13-10-11(5-7-16-13)15-8-6-12-4-3-9-19-12/h3-5,7,9-10H,6,8H2,1-2H3,(H,15,16). The molecule has 0 bridgehead atoms. The van der Waals surface area contributed by atoms with Crippen LogP contribution in [0.1, 0.15) is 16.2 Å². The van der Waals surface area contributed by atoms with E-state index in [1.165, 1.54) is 4.90 Å². The van der Waals surface area contributed by atoms with E-state index >= 15 is 0 Å². The van der Waals surface area contributed by atoms with Crippen LogP contribution in [0.15, 0.2) is 41.1 Å². The zero-order valence-corrected chi connectivity index (χ0v) is 11.1. The maximum Gasteiger partial charge on any atom is 0.272 e. The highest BCUT2D eigenvalue weighted by Gasteiger charge is 2.09. The minimum atomic E-state index is -0.102. The van der Waals surface area contributed by atoms with Gasteiger partial charge in [0.05, 0.1) is 6.26 Å². The van der Waals surface area contributed by atoms with Crippen LogP contribution in [0.25, 0.3) is 0 Å². The van der Waals surface area contributed by atoms with Gasteiger partial charge in [-0.1, -0.05) is 0 Å². The molecule has 1 N–H and O–H groups in total. The van der Waals surface area contributed by atoms with E-state index in [1.807, 2.05) is 18.2 Å². The third-order valence-electron chi connectivity index (χ3n) is 2.67. The average Bonchev–Trinajstić information content (AvgIpc) is 2.91. The summed E-state index contributed by atoms with van der Waals surface area (Å²) in [5.74, 6) is 0.834.